The molecule has 1 saturated heterocycles. The summed E-state index contributed by atoms with van der Waals surface area (Å²) >= 11 is 0. The molecule has 4 heterocycles. The first-order chi connectivity index (χ1) is 20.3. The molecule has 5 rings (SSSR count). The number of hydrogen-bond acceptors (Lipinski definition) is 10. The van der Waals surface area contributed by atoms with Crippen LogP contribution in [0, 0.1) is 12.8 Å². The van der Waals surface area contributed by atoms with Crippen LogP contribution >= 0.6 is 0 Å². The molecule has 1 N–H and O–H groups in total. The van der Waals surface area contributed by atoms with Crippen LogP contribution in [0.2, 0.25) is 0 Å². The van der Waals surface area contributed by atoms with Crippen LogP contribution in [0.5, 0.6) is 0 Å². The smallest absolute Gasteiger partial charge is 0.307 e. The fraction of sp³-hybridized carbons (Fsp3) is 0.414. The molecular weight excluding hydrogens is 536 g/mol. The van der Waals surface area contributed by atoms with Crippen LogP contribution in [0.4, 0.5) is 5.82 Å². The quantitative estimate of drug-likeness (QED) is 0.297. The fourth-order valence-corrected chi connectivity index (χ4v) is 4.83. The summed E-state index contributed by atoms with van der Waals surface area (Å²) in [6.45, 7) is 9.75. The predicted octanol–water partition coefficient (Wildman–Crippen LogP) is 3.37. The highest BCUT2D eigenvalue weighted by atomic mass is 16.6. The zero-order valence-electron chi connectivity index (χ0n) is 24.6. The Hall–Kier alpha value is -4.49. The zero-order chi connectivity index (χ0) is 29.8. The average molecular weight is 573 g/mol. The van der Waals surface area contributed by atoms with E-state index in [4.69, 9.17) is 4.74 Å². The van der Waals surface area contributed by atoms with Crippen molar-refractivity contribution < 1.29 is 14.3 Å². The Morgan fingerprint density at radius 2 is 1.95 bits per heavy atom. The lowest BCUT2D eigenvalue weighted by molar-refractivity contribution is -0.159. The summed E-state index contributed by atoms with van der Waals surface area (Å²) in [6.07, 6.45) is 3.93. The van der Waals surface area contributed by atoms with Gasteiger partial charge in [0.25, 0.3) is 5.91 Å². The SMILES string of the molecule is CCC(=O)OC(C(C)C)n1nnc(-c2c(-c3ccc(C(=O)N(c4ncccc4C)N4CCCNC4)cc3)cnn2C)n1. The van der Waals surface area contributed by atoms with Crippen molar-refractivity contribution in [2.75, 3.05) is 24.8 Å². The lowest BCUT2D eigenvalue weighted by Crippen LogP contribution is -2.54. The molecule has 1 fully saturated rings. The number of tetrazole rings is 1. The highest BCUT2D eigenvalue weighted by Crippen LogP contribution is 2.31. The van der Waals surface area contributed by atoms with Gasteiger partial charge in [-0.25, -0.2) is 9.99 Å². The molecule has 1 aliphatic rings. The van der Waals surface area contributed by atoms with Crippen LogP contribution in [0.25, 0.3) is 22.6 Å². The fourth-order valence-electron chi connectivity index (χ4n) is 4.83. The first kappa shape index (κ1) is 29.0. The summed E-state index contributed by atoms with van der Waals surface area (Å²) in [5.74, 6) is 0.399. The normalized spacial score (nSPS) is 14.6. The average Bonchev–Trinajstić information content (AvgIpc) is 3.63. The number of benzene rings is 1. The summed E-state index contributed by atoms with van der Waals surface area (Å²) in [5.41, 5.74) is 3.71. The highest BCUT2D eigenvalue weighted by molar-refractivity contribution is 6.05. The van der Waals surface area contributed by atoms with E-state index in [2.05, 4.69) is 30.8 Å². The largest absolute Gasteiger partial charge is 0.438 e. The number of carbonyl (C=O) groups excluding carboxylic acids is 2. The minimum atomic E-state index is -0.679. The van der Waals surface area contributed by atoms with Crippen molar-refractivity contribution in [3.8, 4) is 22.6 Å². The molecule has 3 aromatic heterocycles. The van der Waals surface area contributed by atoms with Gasteiger partial charge in [0.05, 0.1) is 12.9 Å². The second-order valence-corrected chi connectivity index (χ2v) is 10.5. The van der Waals surface area contributed by atoms with Crippen molar-refractivity contribution in [3.63, 3.8) is 0 Å². The Bertz CT molecular complexity index is 1540. The maximum absolute atomic E-state index is 13.9. The molecule has 13 heteroatoms. The van der Waals surface area contributed by atoms with Crippen LogP contribution in [-0.2, 0) is 16.6 Å². The maximum atomic E-state index is 13.9. The lowest BCUT2D eigenvalue weighted by atomic mass is 10.0. The third-order valence-corrected chi connectivity index (χ3v) is 7.08. The van der Waals surface area contributed by atoms with Gasteiger partial charge in [0.2, 0.25) is 12.1 Å². The second-order valence-electron chi connectivity index (χ2n) is 10.5. The monoisotopic (exact) mass is 572 g/mol. The number of rotatable bonds is 9. The van der Waals surface area contributed by atoms with Gasteiger partial charge in [0.15, 0.2) is 5.82 Å². The number of aryl methyl sites for hydroxylation is 2. The van der Waals surface area contributed by atoms with Gasteiger partial charge in [-0.1, -0.05) is 39.0 Å². The molecule has 1 unspecified atom stereocenters. The van der Waals surface area contributed by atoms with Crippen LogP contribution in [0.1, 0.15) is 55.8 Å². The van der Waals surface area contributed by atoms with E-state index in [0.717, 1.165) is 36.2 Å². The Labute approximate surface area is 244 Å². The summed E-state index contributed by atoms with van der Waals surface area (Å²) < 4.78 is 7.22. The predicted molar refractivity (Wildman–Crippen MR) is 156 cm³/mol. The van der Waals surface area contributed by atoms with E-state index in [9.17, 15) is 9.59 Å². The van der Waals surface area contributed by atoms with Crippen molar-refractivity contribution in [1.82, 2.24) is 45.3 Å². The number of carbonyl (C=O) groups is 2. The summed E-state index contributed by atoms with van der Waals surface area (Å²) in [7, 11) is 1.80. The number of nitrogens with one attached hydrogen (secondary N) is 1. The van der Waals surface area contributed by atoms with Gasteiger partial charge in [-0.05, 0) is 54.4 Å². The third kappa shape index (κ3) is 5.92. The molecule has 13 nitrogen and oxygen atoms in total. The number of pyridine rings is 1. The van der Waals surface area contributed by atoms with Crippen LogP contribution in [0.3, 0.4) is 0 Å². The molecule has 0 saturated carbocycles. The molecule has 1 amide bonds. The van der Waals surface area contributed by atoms with Crippen LogP contribution in [-0.4, -0.2) is 71.6 Å². The Morgan fingerprint density at radius 1 is 1.17 bits per heavy atom. The molecule has 220 valence electrons. The van der Waals surface area contributed by atoms with Crippen molar-refractivity contribution >= 4 is 17.7 Å². The van der Waals surface area contributed by atoms with Gasteiger partial charge in [-0.3, -0.25) is 14.3 Å². The molecule has 4 aromatic rings. The van der Waals surface area contributed by atoms with E-state index in [1.54, 1.807) is 48.2 Å². The number of esters is 1. The summed E-state index contributed by atoms with van der Waals surface area (Å²) in [4.78, 5) is 31.7. The standard InChI is InChI=1S/C29H36N10O3/c1-6-24(40)42-29(19(2)3)39-34-26(33-35-39)25-23(17-32-36(25)5)21-10-12-22(13-11-21)28(41)38(37-16-8-14-30-18-37)27-20(4)9-7-15-31-27/h7,9-13,15,17,19,29-30H,6,8,14,16,18H2,1-5H3. The molecule has 42 heavy (non-hydrogen) atoms. The minimum Gasteiger partial charge on any atom is -0.438 e. The van der Waals surface area contributed by atoms with Gasteiger partial charge in [-0.15, -0.1) is 15.0 Å². The number of nitrogens with zero attached hydrogens (tertiary/aromatic N) is 9. The molecule has 1 aromatic carbocycles. The van der Waals surface area contributed by atoms with Gasteiger partial charge in [-0.2, -0.15) is 10.1 Å². The number of hydrogen-bond donors (Lipinski definition) is 1. The lowest BCUT2D eigenvalue weighted by Gasteiger charge is -2.37. The van der Waals surface area contributed by atoms with E-state index >= 15 is 0 Å². The molecule has 1 aliphatic heterocycles. The molecular formula is C29H36N10O3. The number of anilines is 1. The van der Waals surface area contributed by atoms with Crippen molar-refractivity contribution in [3.05, 3.63) is 59.9 Å². The van der Waals surface area contributed by atoms with E-state index in [1.807, 2.05) is 50.0 Å². The molecule has 1 atom stereocenters. The number of hydrazine groups is 1. The summed E-state index contributed by atoms with van der Waals surface area (Å²) in [5, 5.41) is 24.4. The third-order valence-electron chi connectivity index (χ3n) is 7.08. The van der Waals surface area contributed by atoms with Gasteiger partial charge in [0.1, 0.15) is 5.69 Å². The number of ether oxygens (including phenoxy) is 1. The maximum Gasteiger partial charge on any atom is 0.307 e. The molecule has 0 spiro atoms. The van der Waals surface area contributed by atoms with Crippen LogP contribution < -0.4 is 10.3 Å². The van der Waals surface area contributed by atoms with E-state index in [0.29, 0.717) is 29.6 Å². The Kier molecular flexibility index (Phi) is 8.69. The topological polar surface area (TPSA) is 136 Å². The number of amides is 1. The van der Waals surface area contributed by atoms with Crippen molar-refractivity contribution in [2.24, 2.45) is 13.0 Å². The Morgan fingerprint density at radius 3 is 2.62 bits per heavy atom. The van der Waals surface area contributed by atoms with Crippen molar-refractivity contribution in [2.45, 2.75) is 46.8 Å². The second kappa shape index (κ2) is 12.6. The highest BCUT2D eigenvalue weighted by Gasteiger charge is 2.29. The number of aromatic nitrogens is 7. The molecule has 0 aliphatic carbocycles. The first-order valence-electron chi connectivity index (χ1n) is 14.1. The van der Waals surface area contributed by atoms with Crippen LogP contribution in [0.15, 0.2) is 48.8 Å². The Balaban J connectivity index is 1.43. The summed E-state index contributed by atoms with van der Waals surface area (Å²) in [6, 6.07) is 11.2. The first-order valence-corrected chi connectivity index (χ1v) is 14.1. The van der Waals surface area contributed by atoms with Gasteiger partial charge < -0.3 is 10.1 Å². The van der Waals surface area contributed by atoms with E-state index < -0.39 is 6.23 Å². The van der Waals surface area contributed by atoms with Crippen molar-refractivity contribution in [1.29, 1.82) is 0 Å². The minimum absolute atomic E-state index is 0.0613. The van der Waals surface area contributed by atoms with Gasteiger partial charge >= 0.3 is 5.97 Å². The van der Waals surface area contributed by atoms with Gasteiger partial charge in [0, 0.05) is 43.3 Å². The zero-order valence-corrected chi connectivity index (χ0v) is 24.6. The van der Waals surface area contributed by atoms with E-state index in [1.165, 1.54) is 4.80 Å². The van der Waals surface area contributed by atoms with E-state index in [-0.39, 0.29) is 24.2 Å². The molecule has 0 radical (unpaired) electrons. The molecule has 0 bridgehead atoms.